The number of carbonyl (C=O) groups excluding carboxylic acids is 4. The number of esters is 4. The molecule has 2 spiro atoms. The third-order valence-electron chi connectivity index (χ3n) is 26.0. The molecule has 24 rings (SSSR count). The number of para-hydroxylation sites is 1. The molecule has 16 atom stereocenters. The zero-order valence-electron chi connectivity index (χ0n) is 63.2. The number of aromatic hydroxyl groups is 2. The highest BCUT2D eigenvalue weighted by Crippen LogP contribution is 2.69. The predicted octanol–water partition coefficient (Wildman–Crippen LogP) is 9.92. The van der Waals surface area contributed by atoms with E-state index in [0.29, 0.717) is 145 Å². The Morgan fingerprint density at radius 3 is 1.88 bits per heavy atom. The summed E-state index contributed by atoms with van der Waals surface area (Å²) in [5.74, 6) is 1.42. The number of phenols is 2. The number of methoxy groups -OCH3 is 2. The Kier molecular flexibility index (Phi) is 15.8. The number of piperazine rings is 2. The van der Waals surface area contributed by atoms with E-state index < -0.39 is 99.1 Å². The molecule has 0 amide bonds. The molecule has 26 nitrogen and oxygen atoms in total. The standard InChI is InChI=1S/C83H84N8O18S2/c1-35-20-42-24-80(7)30-88(8)59(53(42)63(94)65(35)98-10)61-73-58-56(49(90(61)80)27-101-79(97)83(33-111-73)76-48(23-44(26-84)87-83)45-14-12-13-15-51(45)106-76)72-70(38(4)68(58)105-40(6)93)108-77(109-72)41-16-17-52-47(22-41)46-18-19-86-82(75(46)107-52)32-110-74-57-55(71-69(102-34-103-71)37(3)67(57)104-39(5)92)50(28-100-78(82)96)91-62(74)60-54-43(21-36(2)66(99-11)64(54)95)25-81(91,29-85)31-89(60)9/h12-17,20-22,44,49-50,59-62,73-74,77,86-87,94-95H,18-19,23-28,30-34,84H2,1-11H3/t44-,49+,50+,59?,60+,61-,62-,73-,74-,77?,80?,81?,82-,83-/m1/s1. The van der Waals surface area contributed by atoms with E-state index in [1.807, 2.05) is 83.3 Å². The van der Waals surface area contributed by atoms with Gasteiger partial charge in [-0.3, -0.25) is 39.8 Å². The molecule has 28 heteroatoms. The molecule has 16 aliphatic rings. The van der Waals surface area contributed by atoms with E-state index in [1.165, 1.54) is 44.5 Å². The minimum atomic E-state index is -1.64. The molecule has 2 aromatic heterocycles. The lowest BCUT2D eigenvalue weighted by Crippen LogP contribution is -2.69. The van der Waals surface area contributed by atoms with Crippen LogP contribution in [0, 0.1) is 39.0 Å². The second-order valence-corrected chi connectivity index (χ2v) is 34.6. The average Bonchev–Trinajstić information content (AvgIpc) is 1.64. The summed E-state index contributed by atoms with van der Waals surface area (Å²) in [6.07, 6.45) is 0.515. The first-order valence-electron chi connectivity index (χ1n) is 37.8. The number of hydrogen-bond acceptors (Lipinski definition) is 28. The van der Waals surface area contributed by atoms with Gasteiger partial charge in [-0.15, -0.1) is 23.5 Å². The summed E-state index contributed by atoms with van der Waals surface area (Å²) in [6, 6.07) is 16.1. The largest absolute Gasteiger partial charge is 0.504 e. The van der Waals surface area contributed by atoms with Crippen LogP contribution < -0.4 is 54.3 Å². The second kappa shape index (κ2) is 24.8. The highest BCUT2D eigenvalue weighted by atomic mass is 32.2. The average molecular weight is 1550 g/mol. The number of nitrogens with two attached hydrogens (primary N) is 1. The fourth-order valence-electron chi connectivity index (χ4n) is 22.0. The van der Waals surface area contributed by atoms with E-state index in [1.54, 1.807) is 7.11 Å². The molecule has 0 radical (unpaired) electrons. The molecule has 0 aliphatic carbocycles. The van der Waals surface area contributed by atoms with Gasteiger partial charge in [-0.1, -0.05) is 30.3 Å². The van der Waals surface area contributed by atoms with Crippen molar-refractivity contribution in [3.63, 3.8) is 0 Å². The smallest absolute Gasteiger partial charge is 0.335 e. The highest BCUT2D eigenvalue weighted by Gasteiger charge is 2.67. The fourth-order valence-corrected chi connectivity index (χ4v) is 25.3. The van der Waals surface area contributed by atoms with Gasteiger partial charge in [0.05, 0.1) is 55.0 Å². The molecule has 6 N–H and O–H groups in total. The van der Waals surface area contributed by atoms with Crippen molar-refractivity contribution in [2.75, 3.05) is 86.0 Å². The Balaban J connectivity index is 0.720. The number of aryl methyl sites for hydroxylation is 2. The summed E-state index contributed by atoms with van der Waals surface area (Å²) >= 11 is 2.97. The number of nitrogens with one attached hydrogen (secondary N) is 2. The molecular weight excluding hydrogens is 1460 g/mol. The molecule has 6 aromatic carbocycles. The van der Waals surface area contributed by atoms with Crippen molar-refractivity contribution in [1.82, 2.24) is 30.2 Å². The van der Waals surface area contributed by atoms with Crippen molar-refractivity contribution in [3.05, 3.63) is 150 Å². The zero-order valence-corrected chi connectivity index (χ0v) is 64.9. The molecule has 8 aromatic rings. The van der Waals surface area contributed by atoms with Gasteiger partial charge in [0, 0.05) is 154 Å². The van der Waals surface area contributed by atoms with Crippen molar-refractivity contribution < 1.29 is 85.6 Å². The highest BCUT2D eigenvalue weighted by molar-refractivity contribution is 7.99. The number of furan rings is 2. The number of hydrogen-bond donors (Lipinski definition) is 5. The van der Waals surface area contributed by atoms with Crippen LogP contribution in [0.2, 0.25) is 0 Å². The summed E-state index contributed by atoms with van der Waals surface area (Å²) in [4.78, 5) is 68.6. The third kappa shape index (κ3) is 9.57. The lowest BCUT2D eigenvalue weighted by atomic mass is 9.76. The van der Waals surface area contributed by atoms with Crippen LogP contribution in [-0.2, 0) is 65.4 Å². The lowest BCUT2D eigenvalue weighted by molar-refractivity contribution is -0.161. The van der Waals surface area contributed by atoms with E-state index >= 15 is 9.59 Å². The van der Waals surface area contributed by atoms with E-state index in [2.05, 4.69) is 56.3 Å². The topological polar surface area (TPSA) is 314 Å². The monoisotopic (exact) mass is 1540 g/mol. The molecule has 4 saturated heterocycles. The van der Waals surface area contributed by atoms with Crippen molar-refractivity contribution >= 4 is 69.3 Å². The number of fused-ring (bicyclic) bond motifs is 16. The van der Waals surface area contributed by atoms with E-state index in [-0.39, 0.29) is 80.1 Å². The normalized spacial score (nSPS) is 31.6. The molecule has 16 aliphatic heterocycles. The van der Waals surface area contributed by atoms with Crippen LogP contribution in [0.15, 0.2) is 63.4 Å². The van der Waals surface area contributed by atoms with Crippen LogP contribution in [0.3, 0.4) is 0 Å². The first-order valence-corrected chi connectivity index (χ1v) is 39.9. The summed E-state index contributed by atoms with van der Waals surface area (Å²) in [5, 5.41) is 44.7. The molecule has 18 heterocycles. The fraction of sp³-hybridized carbons (Fsp3) is 0.458. The molecule has 0 saturated carbocycles. The number of benzene rings is 6. The van der Waals surface area contributed by atoms with E-state index in [0.717, 1.165) is 38.8 Å². The van der Waals surface area contributed by atoms with Crippen LogP contribution in [-0.4, -0.2) is 169 Å². The van der Waals surface area contributed by atoms with Gasteiger partial charge >= 0.3 is 23.9 Å². The number of nitrogens with zero attached hydrogens (tertiary/aromatic N) is 5. The van der Waals surface area contributed by atoms with Gasteiger partial charge in [-0.25, -0.2) is 9.59 Å². The predicted molar refractivity (Wildman–Crippen MR) is 405 cm³/mol. The summed E-state index contributed by atoms with van der Waals surface area (Å²) < 4.78 is 79.9. The minimum Gasteiger partial charge on any atom is -0.504 e. The number of nitriles is 1. The summed E-state index contributed by atoms with van der Waals surface area (Å²) in [7, 11) is 7.14. The first kappa shape index (κ1) is 70.7. The second-order valence-electron chi connectivity index (χ2n) is 32.4. The van der Waals surface area contributed by atoms with E-state index in [4.69, 9.17) is 61.9 Å². The van der Waals surface area contributed by atoms with E-state index in [9.17, 15) is 25.1 Å². The number of carbonyl (C=O) groups is 4. The Morgan fingerprint density at radius 2 is 1.23 bits per heavy atom. The van der Waals surface area contributed by atoms with Gasteiger partial charge < -0.3 is 72.1 Å². The van der Waals surface area contributed by atoms with Gasteiger partial charge in [-0.05, 0) is 114 Å². The number of phenolic OH excluding ortho intramolecular Hbond substituents is 2. The maximum Gasteiger partial charge on any atom is 0.335 e. The number of rotatable bonds is 6. The van der Waals surface area contributed by atoms with Crippen LogP contribution in [0.25, 0.3) is 21.9 Å². The Morgan fingerprint density at radius 1 is 0.667 bits per heavy atom. The van der Waals surface area contributed by atoms with Gasteiger partial charge in [0.1, 0.15) is 52.9 Å². The SMILES string of the molecule is COc1c(C)cc2c(c1O)C1[C@@H]3[C@@H]4SC[C@]5(N[C@@H](CN)Cc6c5oc5ccccc65)C(=O)OC[C@@H](c5c6c(c(C)c(OC(C)=O)c54)OC(c4ccc5oc7c(c5c4)CCN[C@]74CS[C@@H]5c7c(OC(C)=O)c(C)c8c(c7[C@H](COC4=O)N4[C@@H]5[C@@H]5c7c(cc(C)c(OC)c7O)CC4(C#N)CN5C)OCO8)O6)N3C(C)(C2)CN1C. The third-order valence-corrected chi connectivity index (χ3v) is 29.0. The van der Waals surface area contributed by atoms with Crippen LogP contribution in [0.4, 0.5) is 0 Å². The maximum absolute atomic E-state index is 16.0. The molecule has 8 bridgehead atoms. The van der Waals surface area contributed by atoms with Crippen molar-refractivity contribution in [1.29, 1.82) is 5.26 Å². The molecule has 4 fully saturated rings. The Hall–Kier alpha value is -9.41. The van der Waals surface area contributed by atoms with Gasteiger partial charge in [0.25, 0.3) is 6.29 Å². The molecule has 6 unspecified atom stereocenters. The van der Waals surface area contributed by atoms with Gasteiger partial charge in [0.15, 0.2) is 57.1 Å². The van der Waals surface area contributed by atoms with Gasteiger partial charge in [-0.2, -0.15) is 5.26 Å². The number of likely N-dealkylation sites (N-methyl/N-ethyl adjacent to an activating group) is 2. The van der Waals surface area contributed by atoms with Crippen molar-refractivity contribution in [3.8, 4) is 63.6 Å². The number of thioether (sulfide) groups is 2. The Bertz CT molecular complexity index is 5520. The quantitative estimate of drug-likeness (QED) is 0.0763. The van der Waals surface area contributed by atoms with Crippen LogP contribution >= 0.6 is 23.5 Å². The zero-order chi connectivity index (χ0) is 76.9. The summed E-state index contributed by atoms with van der Waals surface area (Å²) in [5.41, 5.74) is 12.9. The summed E-state index contributed by atoms with van der Waals surface area (Å²) in [6.45, 7) is 13.2. The molecule has 111 heavy (non-hydrogen) atoms. The maximum atomic E-state index is 16.0. The van der Waals surface area contributed by atoms with Gasteiger partial charge in [0.2, 0.25) is 6.79 Å². The van der Waals surface area contributed by atoms with Crippen molar-refractivity contribution in [2.24, 2.45) is 5.73 Å². The number of ether oxygens (including phenoxy) is 10. The Labute approximate surface area is 647 Å². The molecule has 576 valence electrons. The lowest BCUT2D eigenvalue weighted by Gasteiger charge is -2.61. The molecular formula is C83H84N8O18S2. The van der Waals surface area contributed by atoms with Crippen LogP contribution in [0.1, 0.15) is 157 Å². The van der Waals surface area contributed by atoms with Crippen LogP contribution in [0.5, 0.6) is 57.5 Å². The van der Waals surface area contributed by atoms with Crippen molar-refractivity contribution in [2.45, 2.75) is 155 Å². The first-order chi connectivity index (χ1) is 53.4. The minimum absolute atomic E-state index is 0.000334.